The van der Waals surface area contributed by atoms with Crippen molar-refractivity contribution < 1.29 is 14.4 Å². The number of carbonyl (C=O) groups excluding carboxylic acids is 3. The summed E-state index contributed by atoms with van der Waals surface area (Å²) in [5.74, 6) is -0.758. The molecule has 1 unspecified atom stereocenters. The van der Waals surface area contributed by atoms with Gasteiger partial charge in [0.15, 0.2) is 0 Å². The lowest BCUT2D eigenvalue weighted by Crippen LogP contribution is -2.34. The summed E-state index contributed by atoms with van der Waals surface area (Å²) in [5, 5.41) is 9.11. The second-order valence-corrected chi connectivity index (χ2v) is 8.28. The number of nitrogens with two attached hydrogens (primary N) is 1. The van der Waals surface area contributed by atoms with Gasteiger partial charge in [-0.15, -0.1) is 0 Å². The molecular weight excluding hydrogens is 430 g/mol. The molecule has 8 nitrogen and oxygen atoms in total. The lowest BCUT2D eigenvalue weighted by molar-refractivity contribution is -0.122. The van der Waals surface area contributed by atoms with E-state index in [2.05, 4.69) is 16.0 Å². The molecule has 0 radical (unpaired) electrons. The molecule has 34 heavy (non-hydrogen) atoms. The summed E-state index contributed by atoms with van der Waals surface area (Å²) >= 11 is 0. The fourth-order valence-corrected chi connectivity index (χ4v) is 3.77. The third kappa shape index (κ3) is 5.53. The Balaban J connectivity index is 1.65. The Morgan fingerprint density at radius 3 is 2.53 bits per heavy atom. The first kappa shape index (κ1) is 22.8. The van der Waals surface area contributed by atoms with Crippen molar-refractivity contribution in [2.45, 2.75) is 19.0 Å². The Bertz CT molecular complexity index is 1210. The van der Waals surface area contributed by atoms with Crippen molar-refractivity contribution in [3.05, 3.63) is 95.1 Å². The molecule has 174 valence electrons. The number of urea groups is 1. The normalized spacial score (nSPS) is 16.5. The Morgan fingerprint density at radius 2 is 1.76 bits per heavy atom. The van der Waals surface area contributed by atoms with Crippen LogP contribution in [0.2, 0.25) is 0 Å². The van der Waals surface area contributed by atoms with Crippen LogP contribution in [0.3, 0.4) is 0 Å². The molecule has 3 aromatic carbocycles. The smallest absolute Gasteiger partial charge is 0.321 e. The van der Waals surface area contributed by atoms with Gasteiger partial charge in [-0.2, -0.15) is 0 Å². The van der Waals surface area contributed by atoms with Crippen LogP contribution in [0.4, 0.5) is 16.2 Å². The van der Waals surface area contributed by atoms with E-state index in [4.69, 9.17) is 5.73 Å². The van der Waals surface area contributed by atoms with Gasteiger partial charge in [0.1, 0.15) is 6.04 Å². The van der Waals surface area contributed by atoms with Crippen LogP contribution < -0.4 is 21.7 Å². The van der Waals surface area contributed by atoms with Gasteiger partial charge < -0.3 is 26.6 Å². The Labute approximate surface area is 198 Å². The highest BCUT2D eigenvalue weighted by Crippen LogP contribution is 2.22. The third-order valence-electron chi connectivity index (χ3n) is 5.76. The largest absolute Gasteiger partial charge is 0.370 e. The number of benzene rings is 3. The van der Waals surface area contributed by atoms with Gasteiger partial charge in [0.25, 0.3) is 0 Å². The number of amides is 4. The number of nitrogens with one attached hydrogen (secondary N) is 3. The lowest BCUT2D eigenvalue weighted by atomic mass is 10.0. The number of likely N-dealkylation sites (N-methyl/N-ethyl adjacent to an activating group) is 1. The monoisotopic (exact) mass is 457 g/mol. The number of rotatable bonds is 3. The second-order valence-electron chi connectivity index (χ2n) is 8.28. The van der Waals surface area contributed by atoms with Gasteiger partial charge in [0, 0.05) is 37.1 Å². The van der Waals surface area contributed by atoms with E-state index < -0.39 is 11.9 Å². The van der Waals surface area contributed by atoms with Crippen molar-refractivity contribution in [1.82, 2.24) is 10.2 Å². The summed E-state index contributed by atoms with van der Waals surface area (Å²) in [6.07, 6.45) is 0.676. The standard InChI is InChI=1S/C26H27N5O3/c1-31-13-12-17-8-10-19(11-9-17)23(29-22-7-3-5-20(15-22)24(27)32)25(33)28-16-18-4-2-6-21(14-18)30-26(31)34/h2-11,14-15,23,29H,12-13,16H2,1H3,(H2,27,32)(H,28,33)(H,30,34). The van der Waals surface area contributed by atoms with Crippen LogP contribution in [0.5, 0.6) is 0 Å². The zero-order valence-corrected chi connectivity index (χ0v) is 18.9. The van der Waals surface area contributed by atoms with Gasteiger partial charge in [-0.05, 0) is 53.4 Å². The van der Waals surface area contributed by atoms with Crippen molar-refractivity contribution >= 4 is 29.2 Å². The molecule has 0 saturated heterocycles. The van der Waals surface area contributed by atoms with Crippen LogP contribution in [-0.2, 0) is 17.8 Å². The Kier molecular flexibility index (Phi) is 6.77. The maximum absolute atomic E-state index is 13.3. The molecule has 0 aromatic heterocycles. The Morgan fingerprint density at radius 1 is 1.00 bits per heavy atom. The Hall–Kier alpha value is -4.33. The van der Waals surface area contributed by atoms with Gasteiger partial charge in [0.05, 0.1) is 0 Å². The van der Waals surface area contributed by atoms with Gasteiger partial charge in [-0.1, -0.05) is 42.5 Å². The van der Waals surface area contributed by atoms with E-state index in [0.717, 1.165) is 16.7 Å². The number of anilines is 2. The molecule has 5 N–H and O–H groups in total. The molecule has 0 spiro atoms. The zero-order valence-electron chi connectivity index (χ0n) is 18.9. The highest BCUT2D eigenvalue weighted by atomic mass is 16.2. The zero-order chi connectivity index (χ0) is 24.1. The van der Waals surface area contributed by atoms with Crippen molar-refractivity contribution in [2.24, 2.45) is 5.73 Å². The molecule has 0 saturated carbocycles. The van der Waals surface area contributed by atoms with Crippen LogP contribution in [0.25, 0.3) is 0 Å². The number of carbonyl (C=O) groups is 3. The number of hydrogen-bond acceptors (Lipinski definition) is 4. The van der Waals surface area contributed by atoms with Gasteiger partial charge >= 0.3 is 6.03 Å². The average Bonchev–Trinajstić information content (AvgIpc) is 2.84. The SMILES string of the molecule is CN1CCc2ccc(cc2)C(Nc2cccc(C(N)=O)c2)C(=O)NCc2cccc(c2)NC1=O. The molecule has 2 aliphatic heterocycles. The van der Waals surface area contributed by atoms with Gasteiger partial charge in [0.2, 0.25) is 11.8 Å². The summed E-state index contributed by atoms with van der Waals surface area (Å²) in [6.45, 7) is 0.836. The first-order valence-electron chi connectivity index (χ1n) is 11.0. The molecule has 0 fully saturated rings. The molecule has 0 aliphatic carbocycles. The predicted molar refractivity (Wildman–Crippen MR) is 131 cm³/mol. The fraction of sp³-hybridized carbons (Fsp3) is 0.192. The second kappa shape index (κ2) is 10.1. The fourth-order valence-electron chi connectivity index (χ4n) is 3.77. The van der Waals surface area contributed by atoms with Crippen LogP contribution in [0.1, 0.15) is 33.1 Å². The molecule has 3 aromatic rings. The average molecular weight is 458 g/mol. The maximum Gasteiger partial charge on any atom is 0.321 e. The summed E-state index contributed by atoms with van der Waals surface area (Å²) in [4.78, 5) is 39.0. The van der Waals surface area contributed by atoms with Crippen LogP contribution >= 0.6 is 0 Å². The molecule has 1 atom stereocenters. The van der Waals surface area contributed by atoms with E-state index in [9.17, 15) is 14.4 Å². The molecule has 2 aliphatic rings. The highest BCUT2D eigenvalue weighted by Gasteiger charge is 2.21. The van der Waals surface area contributed by atoms with Crippen LogP contribution in [-0.4, -0.2) is 36.3 Å². The minimum atomic E-state index is -0.685. The molecule has 8 heteroatoms. The van der Waals surface area contributed by atoms with Crippen molar-refractivity contribution in [2.75, 3.05) is 24.2 Å². The quantitative estimate of drug-likeness (QED) is 0.483. The third-order valence-corrected chi connectivity index (χ3v) is 5.76. The summed E-state index contributed by atoms with van der Waals surface area (Å²) in [6, 6.07) is 21.0. The molecule has 2 heterocycles. The van der Waals surface area contributed by atoms with Crippen LogP contribution in [0, 0.1) is 0 Å². The van der Waals surface area contributed by atoms with E-state index in [1.807, 2.05) is 48.5 Å². The van der Waals surface area contributed by atoms with Gasteiger partial charge in [-0.3, -0.25) is 9.59 Å². The van der Waals surface area contributed by atoms with E-state index in [1.165, 1.54) is 0 Å². The first-order chi connectivity index (χ1) is 16.4. The number of nitrogens with zero attached hydrogens (tertiary/aromatic N) is 1. The van der Waals surface area contributed by atoms with Crippen molar-refractivity contribution in [1.29, 1.82) is 0 Å². The van der Waals surface area contributed by atoms with E-state index in [0.29, 0.717) is 29.9 Å². The minimum absolute atomic E-state index is 0.188. The maximum atomic E-state index is 13.3. The number of fused-ring (bicyclic) bond motifs is 9. The predicted octanol–water partition coefficient (Wildman–Crippen LogP) is 3.27. The molecular formula is C26H27N5O3. The first-order valence-corrected chi connectivity index (χ1v) is 11.0. The number of primary amides is 1. The summed E-state index contributed by atoms with van der Waals surface area (Å²) < 4.78 is 0. The van der Waals surface area contributed by atoms with Crippen LogP contribution in [0.15, 0.2) is 72.8 Å². The number of hydrogen-bond donors (Lipinski definition) is 4. The van der Waals surface area contributed by atoms with Gasteiger partial charge in [-0.25, -0.2) is 4.79 Å². The summed E-state index contributed by atoms with van der Waals surface area (Å²) in [5.41, 5.74) is 9.72. The molecule has 4 bridgehead atoms. The molecule has 5 rings (SSSR count). The van der Waals surface area contributed by atoms with E-state index in [1.54, 1.807) is 36.2 Å². The summed E-state index contributed by atoms with van der Waals surface area (Å²) in [7, 11) is 1.76. The van der Waals surface area contributed by atoms with E-state index in [-0.39, 0.29) is 18.5 Å². The molecule has 4 amide bonds. The van der Waals surface area contributed by atoms with E-state index >= 15 is 0 Å². The minimum Gasteiger partial charge on any atom is -0.370 e. The van der Waals surface area contributed by atoms with Crippen molar-refractivity contribution in [3.8, 4) is 0 Å². The van der Waals surface area contributed by atoms with Crippen molar-refractivity contribution in [3.63, 3.8) is 0 Å². The highest BCUT2D eigenvalue weighted by molar-refractivity contribution is 5.94. The topological polar surface area (TPSA) is 117 Å². The lowest BCUT2D eigenvalue weighted by Gasteiger charge is -2.22.